The highest BCUT2D eigenvalue weighted by atomic mass is 32.2. The van der Waals surface area contributed by atoms with E-state index in [0.717, 1.165) is 5.56 Å². The molecule has 0 radical (unpaired) electrons. The molecule has 0 heterocycles. The van der Waals surface area contributed by atoms with Gasteiger partial charge in [0, 0.05) is 11.4 Å². The van der Waals surface area contributed by atoms with Gasteiger partial charge in [-0.15, -0.1) is 11.8 Å². The molecule has 0 unspecified atom stereocenters. The molecule has 0 atom stereocenters. The molecule has 0 saturated heterocycles. The standard InChI is InChI=1S/C19H22FNOS/c1-13-10-14(2)19(15(3)11-13)23-12-18(22)21-9-8-16-4-6-17(20)7-5-16/h4-7,10-11H,8-9,12H2,1-3H3,(H,21,22). The minimum atomic E-state index is -0.238. The Morgan fingerprint density at radius 1 is 1.09 bits per heavy atom. The number of hydrogen-bond acceptors (Lipinski definition) is 2. The van der Waals surface area contributed by atoms with E-state index in [1.165, 1.54) is 33.7 Å². The molecule has 122 valence electrons. The monoisotopic (exact) mass is 331 g/mol. The van der Waals surface area contributed by atoms with Gasteiger partial charge < -0.3 is 5.32 Å². The van der Waals surface area contributed by atoms with Gasteiger partial charge in [0.1, 0.15) is 5.82 Å². The summed E-state index contributed by atoms with van der Waals surface area (Å²) in [6, 6.07) is 10.7. The van der Waals surface area contributed by atoms with Crippen molar-refractivity contribution in [2.45, 2.75) is 32.1 Å². The van der Waals surface area contributed by atoms with Gasteiger partial charge in [-0.25, -0.2) is 4.39 Å². The number of rotatable bonds is 6. The number of halogens is 1. The van der Waals surface area contributed by atoms with Gasteiger partial charge in [0.05, 0.1) is 5.75 Å². The summed E-state index contributed by atoms with van der Waals surface area (Å²) in [7, 11) is 0. The summed E-state index contributed by atoms with van der Waals surface area (Å²) < 4.78 is 12.8. The Morgan fingerprint density at radius 3 is 2.30 bits per heavy atom. The second-order valence-corrected chi connectivity index (χ2v) is 6.73. The summed E-state index contributed by atoms with van der Waals surface area (Å²) in [4.78, 5) is 13.1. The highest BCUT2D eigenvalue weighted by Gasteiger charge is 2.08. The minimum absolute atomic E-state index is 0.0245. The summed E-state index contributed by atoms with van der Waals surface area (Å²) in [6.07, 6.45) is 0.708. The molecule has 0 fully saturated rings. The van der Waals surface area contributed by atoms with Crippen LogP contribution in [0.2, 0.25) is 0 Å². The van der Waals surface area contributed by atoms with Crippen LogP contribution < -0.4 is 5.32 Å². The van der Waals surface area contributed by atoms with Crippen LogP contribution in [0.15, 0.2) is 41.3 Å². The average Bonchev–Trinajstić information content (AvgIpc) is 2.48. The fourth-order valence-electron chi connectivity index (χ4n) is 2.58. The number of carbonyl (C=O) groups excluding carboxylic acids is 1. The molecule has 0 aliphatic rings. The zero-order chi connectivity index (χ0) is 16.8. The molecular weight excluding hydrogens is 309 g/mol. The fraction of sp³-hybridized carbons (Fsp3) is 0.316. The summed E-state index contributed by atoms with van der Waals surface area (Å²) in [5.41, 5.74) is 4.69. The van der Waals surface area contributed by atoms with Gasteiger partial charge in [-0.2, -0.15) is 0 Å². The second-order valence-electron chi connectivity index (χ2n) is 5.74. The fourth-order valence-corrected chi connectivity index (χ4v) is 3.53. The number of thioether (sulfide) groups is 1. The highest BCUT2D eigenvalue weighted by molar-refractivity contribution is 8.00. The maximum absolute atomic E-state index is 12.8. The number of amides is 1. The van der Waals surface area contributed by atoms with Crippen LogP contribution in [-0.2, 0) is 11.2 Å². The lowest BCUT2D eigenvalue weighted by atomic mass is 10.1. The predicted molar refractivity (Wildman–Crippen MR) is 94.5 cm³/mol. The molecule has 0 aliphatic carbocycles. The molecule has 1 amide bonds. The van der Waals surface area contributed by atoms with Crippen LogP contribution in [-0.4, -0.2) is 18.2 Å². The number of carbonyl (C=O) groups is 1. The van der Waals surface area contributed by atoms with E-state index in [1.807, 2.05) is 0 Å². The largest absolute Gasteiger partial charge is 0.355 e. The highest BCUT2D eigenvalue weighted by Crippen LogP contribution is 2.27. The summed E-state index contributed by atoms with van der Waals surface area (Å²) in [5.74, 6) is 0.197. The van der Waals surface area contributed by atoms with Crippen LogP contribution in [0.1, 0.15) is 22.3 Å². The van der Waals surface area contributed by atoms with Crippen molar-refractivity contribution in [1.82, 2.24) is 5.32 Å². The van der Waals surface area contributed by atoms with Gasteiger partial charge in [0.15, 0.2) is 0 Å². The first-order valence-corrected chi connectivity index (χ1v) is 8.66. The van der Waals surface area contributed by atoms with Gasteiger partial charge in [0.2, 0.25) is 5.91 Å². The van der Waals surface area contributed by atoms with E-state index in [-0.39, 0.29) is 11.7 Å². The van der Waals surface area contributed by atoms with E-state index in [4.69, 9.17) is 0 Å². The van der Waals surface area contributed by atoms with Crippen molar-refractivity contribution in [2.75, 3.05) is 12.3 Å². The van der Waals surface area contributed by atoms with Crippen LogP contribution in [0.5, 0.6) is 0 Å². The molecule has 0 bridgehead atoms. The molecule has 2 aromatic carbocycles. The molecular formula is C19H22FNOS. The Kier molecular flexibility index (Phi) is 6.22. The molecule has 0 saturated carbocycles. The third-order valence-electron chi connectivity index (χ3n) is 3.60. The van der Waals surface area contributed by atoms with E-state index in [2.05, 4.69) is 38.2 Å². The summed E-state index contributed by atoms with van der Waals surface area (Å²) in [5, 5.41) is 2.91. The molecule has 0 aromatic heterocycles. The normalized spacial score (nSPS) is 10.6. The quantitative estimate of drug-likeness (QED) is 0.804. The van der Waals surface area contributed by atoms with Gasteiger partial charge >= 0.3 is 0 Å². The first kappa shape index (κ1) is 17.5. The van der Waals surface area contributed by atoms with Crippen molar-refractivity contribution in [3.05, 3.63) is 64.5 Å². The van der Waals surface area contributed by atoms with E-state index >= 15 is 0 Å². The first-order chi connectivity index (χ1) is 11.0. The Hall–Kier alpha value is -1.81. The molecule has 0 aliphatic heterocycles. The number of benzene rings is 2. The number of nitrogens with one attached hydrogen (secondary N) is 1. The number of hydrogen-bond donors (Lipinski definition) is 1. The van der Waals surface area contributed by atoms with E-state index in [9.17, 15) is 9.18 Å². The van der Waals surface area contributed by atoms with Gasteiger partial charge in [-0.1, -0.05) is 29.8 Å². The van der Waals surface area contributed by atoms with Crippen molar-refractivity contribution >= 4 is 17.7 Å². The Bertz CT molecular complexity index is 659. The molecule has 2 aromatic rings. The predicted octanol–water partition coefficient (Wildman–Crippen LogP) is 4.20. The van der Waals surface area contributed by atoms with Crippen molar-refractivity contribution in [2.24, 2.45) is 0 Å². The maximum Gasteiger partial charge on any atom is 0.230 e. The summed E-state index contributed by atoms with van der Waals surface area (Å²) in [6.45, 7) is 6.80. The second kappa shape index (κ2) is 8.16. The van der Waals surface area contributed by atoms with Crippen molar-refractivity contribution in [3.63, 3.8) is 0 Å². The zero-order valence-electron chi connectivity index (χ0n) is 13.8. The third-order valence-corrected chi connectivity index (χ3v) is 4.94. The van der Waals surface area contributed by atoms with Gasteiger partial charge in [-0.3, -0.25) is 4.79 Å². The molecule has 1 N–H and O–H groups in total. The van der Waals surface area contributed by atoms with E-state index < -0.39 is 0 Å². The van der Waals surface area contributed by atoms with Crippen LogP contribution in [0.4, 0.5) is 4.39 Å². The van der Waals surface area contributed by atoms with E-state index in [0.29, 0.717) is 18.7 Å². The van der Waals surface area contributed by atoms with Crippen LogP contribution in [0.25, 0.3) is 0 Å². The molecule has 23 heavy (non-hydrogen) atoms. The van der Waals surface area contributed by atoms with Gasteiger partial charge in [0.25, 0.3) is 0 Å². The van der Waals surface area contributed by atoms with Crippen molar-refractivity contribution in [1.29, 1.82) is 0 Å². The Balaban J connectivity index is 1.78. The Labute approximate surface area is 141 Å². The third kappa shape index (κ3) is 5.39. The SMILES string of the molecule is Cc1cc(C)c(SCC(=O)NCCc2ccc(F)cc2)c(C)c1. The maximum atomic E-state index is 12.8. The zero-order valence-corrected chi connectivity index (χ0v) is 14.6. The smallest absolute Gasteiger partial charge is 0.230 e. The lowest BCUT2D eigenvalue weighted by Crippen LogP contribution is -2.27. The lowest BCUT2D eigenvalue weighted by Gasteiger charge is -2.11. The average molecular weight is 331 g/mol. The van der Waals surface area contributed by atoms with Crippen LogP contribution in [0, 0.1) is 26.6 Å². The minimum Gasteiger partial charge on any atom is -0.355 e. The lowest BCUT2D eigenvalue weighted by molar-refractivity contribution is -0.118. The van der Waals surface area contributed by atoms with Crippen LogP contribution in [0.3, 0.4) is 0 Å². The molecule has 4 heteroatoms. The topological polar surface area (TPSA) is 29.1 Å². The van der Waals surface area contributed by atoms with Gasteiger partial charge in [-0.05, 0) is 56.0 Å². The molecule has 0 spiro atoms. The molecule has 2 rings (SSSR count). The Morgan fingerprint density at radius 2 is 1.70 bits per heavy atom. The summed E-state index contributed by atoms with van der Waals surface area (Å²) >= 11 is 1.58. The number of aryl methyl sites for hydroxylation is 3. The van der Waals surface area contributed by atoms with Crippen molar-refractivity contribution < 1.29 is 9.18 Å². The van der Waals surface area contributed by atoms with E-state index in [1.54, 1.807) is 23.9 Å². The first-order valence-electron chi connectivity index (χ1n) is 7.67. The van der Waals surface area contributed by atoms with Crippen molar-refractivity contribution in [3.8, 4) is 0 Å². The van der Waals surface area contributed by atoms with Crippen LogP contribution >= 0.6 is 11.8 Å². The molecule has 2 nitrogen and oxygen atoms in total.